The second-order valence-electron chi connectivity index (χ2n) is 2.64. The van der Waals surface area contributed by atoms with Gasteiger partial charge < -0.3 is 5.32 Å². The van der Waals surface area contributed by atoms with Crippen LogP contribution in [-0.2, 0) is 4.79 Å². The Hall–Kier alpha value is -0.530. The summed E-state index contributed by atoms with van der Waals surface area (Å²) in [5.41, 5.74) is 0.00868. The van der Waals surface area contributed by atoms with Crippen LogP contribution in [-0.4, -0.2) is 13.0 Å². The van der Waals surface area contributed by atoms with E-state index in [0.717, 1.165) is 12.8 Å². The Bertz CT molecular complexity index is 120. The van der Waals surface area contributed by atoms with E-state index in [4.69, 9.17) is 0 Å². The topological polar surface area (TPSA) is 29.1 Å². The van der Waals surface area contributed by atoms with Gasteiger partial charge in [-0.25, -0.2) is 0 Å². The molecule has 0 radical (unpaired) electrons. The highest BCUT2D eigenvalue weighted by Crippen LogP contribution is 2.44. The van der Waals surface area contributed by atoms with Crippen molar-refractivity contribution in [1.82, 2.24) is 5.32 Å². The van der Waals surface area contributed by atoms with Crippen molar-refractivity contribution in [2.75, 3.05) is 7.05 Å². The fourth-order valence-corrected chi connectivity index (χ4v) is 0.716. The quantitative estimate of drug-likeness (QED) is 0.537. The van der Waals surface area contributed by atoms with Crippen LogP contribution in [0, 0.1) is 5.41 Å². The molecule has 2 nitrogen and oxygen atoms in total. The molecule has 0 atom stereocenters. The van der Waals surface area contributed by atoms with Crippen LogP contribution in [0.1, 0.15) is 21.2 Å². The predicted molar refractivity (Wildman–Crippen MR) is 33.5 cm³/mol. The van der Waals surface area contributed by atoms with E-state index in [9.17, 15) is 4.79 Å². The summed E-state index contributed by atoms with van der Waals surface area (Å²) in [4.78, 5) is 10.8. The lowest BCUT2D eigenvalue weighted by molar-refractivity contribution is -0.125. The summed E-state index contributed by atoms with van der Waals surface area (Å²) in [5.74, 6) is 0.192. The minimum atomic E-state index is 0. The van der Waals surface area contributed by atoms with Crippen molar-refractivity contribution in [1.29, 1.82) is 0 Å². The van der Waals surface area contributed by atoms with Gasteiger partial charge in [0.05, 0.1) is 0 Å². The van der Waals surface area contributed by atoms with Crippen LogP contribution in [0.3, 0.4) is 0 Å². The van der Waals surface area contributed by atoms with Gasteiger partial charge in [0.15, 0.2) is 0 Å². The van der Waals surface area contributed by atoms with Crippen molar-refractivity contribution >= 4 is 5.91 Å². The first kappa shape index (κ1) is 5.60. The molecule has 0 saturated heterocycles. The standard InChI is InChI=1S/C6H11NO.H2/c1-6(3-4-6)5(8)7-2;/h3-4H2,1-2H3,(H,7,8);1H. The molecule has 1 aliphatic rings. The summed E-state index contributed by atoms with van der Waals surface area (Å²) in [7, 11) is 1.69. The lowest BCUT2D eigenvalue weighted by Crippen LogP contribution is -2.26. The zero-order chi connectivity index (χ0) is 6.20. The number of hydrogen-bond acceptors (Lipinski definition) is 1. The molecule has 1 aliphatic carbocycles. The molecule has 0 aliphatic heterocycles. The molecule has 2 heteroatoms. The third-order valence-electron chi connectivity index (χ3n) is 1.78. The zero-order valence-corrected chi connectivity index (χ0v) is 5.32. The van der Waals surface area contributed by atoms with Crippen molar-refractivity contribution in [2.45, 2.75) is 19.8 Å². The van der Waals surface area contributed by atoms with E-state index in [1.54, 1.807) is 7.05 Å². The monoisotopic (exact) mass is 115 g/mol. The van der Waals surface area contributed by atoms with E-state index in [1.165, 1.54) is 0 Å². The molecule has 0 bridgehead atoms. The minimum absolute atomic E-state index is 0. The molecular weight excluding hydrogens is 102 g/mol. The van der Waals surface area contributed by atoms with Crippen LogP contribution in [0.2, 0.25) is 0 Å². The lowest BCUT2D eigenvalue weighted by Gasteiger charge is -2.02. The number of carbonyl (C=O) groups is 1. The summed E-state index contributed by atoms with van der Waals surface area (Å²) < 4.78 is 0. The molecule has 0 spiro atoms. The fraction of sp³-hybridized carbons (Fsp3) is 0.833. The second kappa shape index (κ2) is 1.47. The second-order valence-corrected chi connectivity index (χ2v) is 2.64. The maximum absolute atomic E-state index is 10.8. The summed E-state index contributed by atoms with van der Waals surface area (Å²) in [6.45, 7) is 1.99. The Balaban J connectivity index is 0.000000640. The van der Waals surface area contributed by atoms with Crippen molar-refractivity contribution < 1.29 is 6.22 Å². The van der Waals surface area contributed by atoms with E-state index in [1.807, 2.05) is 6.92 Å². The van der Waals surface area contributed by atoms with E-state index in [-0.39, 0.29) is 12.7 Å². The molecule has 0 heterocycles. The van der Waals surface area contributed by atoms with Crippen molar-refractivity contribution in [2.24, 2.45) is 5.41 Å². The van der Waals surface area contributed by atoms with E-state index < -0.39 is 0 Å². The normalized spacial score (nSPS) is 22.2. The maximum Gasteiger partial charge on any atom is 0.225 e. The zero-order valence-electron chi connectivity index (χ0n) is 5.32. The SMILES string of the molecule is CNC(=O)C1(C)CC1.[HH]. The molecule has 0 unspecified atom stereocenters. The van der Waals surface area contributed by atoms with Gasteiger partial charge in [-0.2, -0.15) is 0 Å². The minimum Gasteiger partial charge on any atom is -0.359 e. The van der Waals surface area contributed by atoms with Crippen molar-refractivity contribution in [3.05, 3.63) is 0 Å². The number of rotatable bonds is 1. The Labute approximate surface area is 50.8 Å². The van der Waals surface area contributed by atoms with Gasteiger partial charge in [-0.1, -0.05) is 6.92 Å². The van der Waals surface area contributed by atoms with Gasteiger partial charge in [0.1, 0.15) is 0 Å². The third-order valence-corrected chi connectivity index (χ3v) is 1.78. The largest absolute Gasteiger partial charge is 0.359 e. The van der Waals surface area contributed by atoms with E-state index in [0.29, 0.717) is 0 Å². The number of amides is 1. The highest BCUT2D eigenvalue weighted by Gasteiger charge is 2.44. The summed E-state index contributed by atoms with van der Waals surface area (Å²) in [5, 5.41) is 2.63. The molecular formula is C6H13NO. The predicted octanol–water partition coefficient (Wildman–Crippen LogP) is 0.778. The average molecular weight is 115 g/mol. The molecule has 1 saturated carbocycles. The first-order valence-corrected chi connectivity index (χ1v) is 2.91. The lowest BCUT2D eigenvalue weighted by atomic mass is 10.1. The first-order valence-electron chi connectivity index (χ1n) is 2.91. The number of nitrogens with one attached hydrogen (secondary N) is 1. The van der Waals surface area contributed by atoms with Crippen LogP contribution in [0.5, 0.6) is 0 Å². The number of hydrogen-bond donors (Lipinski definition) is 1. The Kier molecular flexibility index (Phi) is 1.03. The molecule has 0 aromatic rings. The highest BCUT2D eigenvalue weighted by atomic mass is 16.2. The maximum atomic E-state index is 10.8. The van der Waals surface area contributed by atoms with Gasteiger partial charge in [0.2, 0.25) is 5.91 Å². The van der Waals surface area contributed by atoms with Crippen molar-refractivity contribution in [3.63, 3.8) is 0 Å². The number of carbonyl (C=O) groups excluding carboxylic acids is 1. The summed E-state index contributed by atoms with van der Waals surface area (Å²) in [6, 6.07) is 0. The molecule has 8 heavy (non-hydrogen) atoms. The van der Waals surface area contributed by atoms with Gasteiger partial charge in [-0.05, 0) is 12.8 Å². The molecule has 0 aromatic heterocycles. The molecule has 1 fully saturated rings. The van der Waals surface area contributed by atoms with Gasteiger partial charge in [-0.3, -0.25) is 4.79 Å². The smallest absolute Gasteiger partial charge is 0.225 e. The van der Waals surface area contributed by atoms with Crippen LogP contribution >= 0.6 is 0 Å². The van der Waals surface area contributed by atoms with E-state index in [2.05, 4.69) is 5.32 Å². The molecule has 1 rings (SSSR count). The Morgan fingerprint density at radius 2 is 2.25 bits per heavy atom. The summed E-state index contributed by atoms with van der Waals surface area (Å²) in [6.07, 6.45) is 2.12. The first-order chi connectivity index (χ1) is 3.69. The molecule has 48 valence electrons. The van der Waals surface area contributed by atoms with Gasteiger partial charge in [0.25, 0.3) is 0 Å². The fourth-order valence-electron chi connectivity index (χ4n) is 0.716. The van der Waals surface area contributed by atoms with Crippen molar-refractivity contribution in [3.8, 4) is 0 Å². The van der Waals surface area contributed by atoms with Crippen LogP contribution in [0.15, 0.2) is 0 Å². The van der Waals surface area contributed by atoms with Gasteiger partial charge in [0, 0.05) is 13.9 Å². The average Bonchev–Trinajstić information content (AvgIpc) is 2.47. The third kappa shape index (κ3) is 0.703. The molecule has 1 amide bonds. The molecule has 0 aromatic carbocycles. The highest BCUT2D eigenvalue weighted by molar-refractivity contribution is 5.84. The van der Waals surface area contributed by atoms with Gasteiger partial charge >= 0.3 is 0 Å². The van der Waals surface area contributed by atoms with Crippen LogP contribution in [0.25, 0.3) is 0 Å². The Morgan fingerprint density at radius 3 is 2.38 bits per heavy atom. The van der Waals surface area contributed by atoms with E-state index >= 15 is 0 Å². The van der Waals surface area contributed by atoms with Gasteiger partial charge in [-0.15, -0.1) is 0 Å². The molecule has 1 N–H and O–H groups in total. The summed E-state index contributed by atoms with van der Waals surface area (Å²) >= 11 is 0. The van der Waals surface area contributed by atoms with Crippen LogP contribution in [0.4, 0.5) is 0 Å². The Morgan fingerprint density at radius 1 is 1.75 bits per heavy atom. The van der Waals surface area contributed by atoms with Crippen LogP contribution < -0.4 is 5.32 Å².